The zero-order valence-corrected chi connectivity index (χ0v) is 18.1. The Kier molecular flexibility index (Phi) is 5.15. The molecule has 0 saturated heterocycles. The molecule has 166 valence electrons. The second-order valence-corrected chi connectivity index (χ2v) is 10.3. The fourth-order valence-corrected chi connectivity index (χ4v) is 6.96. The van der Waals surface area contributed by atoms with E-state index in [4.69, 9.17) is 9.84 Å². The molecule has 4 aliphatic rings. The van der Waals surface area contributed by atoms with Crippen LogP contribution >= 0.6 is 0 Å². The molecule has 30 heavy (non-hydrogen) atoms. The first kappa shape index (κ1) is 21.8. The monoisotopic (exact) mass is 420 g/mol. The van der Waals surface area contributed by atoms with Gasteiger partial charge in [0.1, 0.15) is 17.9 Å². The maximum absolute atomic E-state index is 16.8. The Labute approximate surface area is 177 Å². The lowest BCUT2D eigenvalue weighted by atomic mass is 9.45. The quantitative estimate of drug-likeness (QED) is 0.714. The molecule has 0 aliphatic heterocycles. The Bertz CT molecular complexity index is 820. The van der Waals surface area contributed by atoms with Gasteiger partial charge in [-0.25, -0.2) is 4.39 Å². The second kappa shape index (κ2) is 7.07. The molecule has 0 aromatic rings. The van der Waals surface area contributed by atoms with Crippen LogP contribution in [0.1, 0.15) is 59.3 Å². The maximum Gasteiger partial charge on any atom is 0.190 e. The summed E-state index contributed by atoms with van der Waals surface area (Å²) in [5.41, 5.74) is -3.68. The molecule has 0 bridgehead atoms. The first-order chi connectivity index (χ1) is 14.0. The van der Waals surface area contributed by atoms with E-state index in [1.165, 1.54) is 6.08 Å². The Balaban J connectivity index is 1.63. The van der Waals surface area contributed by atoms with Crippen molar-refractivity contribution in [1.82, 2.24) is 0 Å². The third-order valence-corrected chi connectivity index (χ3v) is 9.03. The molecule has 0 spiro atoms. The summed E-state index contributed by atoms with van der Waals surface area (Å²) in [5.74, 6) is -0.826. The van der Waals surface area contributed by atoms with Gasteiger partial charge in [0.25, 0.3) is 0 Å². The molecule has 0 aromatic heterocycles. The van der Waals surface area contributed by atoms with Crippen LogP contribution in [0.4, 0.5) is 4.39 Å². The fourth-order valence-electron chi connectivity index (χ4n) is 6.96. The van der Waals surface area contributed by atoms with E-state index in [1.807, 2.05) is 13.8 Å². The van der Waals surface area contributed by atoms with Gasteiger partial charge in [0.15, 0.2) is 11.6 Å². The highest BCUT2D eigenvalue weighted by Crippen LogP contribution is 2.69. The van der Waals surface area contributed by atoms with E-state index in [1.54, 1.807) is 19.1 Å². The molecule has 4 rings (SSSR count). The van der Waals surface area contributed by atoms with Crippen LogP contribution in [0.5, 0.6) is 0 Å². The van der Waals surface area contributed by atoms with Gasteiger partial charge in [0.05, 0.1) is 12.7 Å². The molecular weight excluding hydrogens is 387 g/mol. The van der Waals surface area contributed by atoms with Crippen molar-refractivity contribution in [2.24, 2.45) is 22.7 Å². The van der Waals surface area contributed by atoms with Crippen LogP contribution in [-0.2, 0) is 14.3 Å². The summed E-state index contributed by atoms with van der Waals surface area (Å²) in [6, 6.07) is 0. The minimum Gasteiger partial charge on any atom is -0.394 e. The first-order valence-corrected chi connectivity index (χ1v) is 11.1. The minimum atomic E-state index is -1.54. The number of fused-ring (bicyclic) bond motifs is 5. The number of rotatable bonds is 5. The van der Waals surface area contributed by atoms with Crippen LogP contribution in [0.2, 0.25) is 0 Å². The topological polar surface area (TPSA) is 83.8 Å². The summed E-state index contributed by atoms with van der Waals surface area (Å²) in [6.45, 7) is 5.06. The van der Waals surface area contributed by atoms with E-state index in [2.05, 4.69) is 0 Å². The third kappa shape index (κ3) is 2.76. The zero-order chi connectivity index (χ0) is 21.9. The number of halogens is 1. The summed E-state index contributed by atoms with van der Waals surface area (Å²) in [4.78, 5) is 24.9. The van der Waals surface area contributed by atoms with E-state index >= 15 is 4.39 Å². The lowest BCUT2D eigenvalue weighted by Crippen LogP contribution is -2.63. The first-order valence-electron chi connectivity index (χ1n) is 11.1. The van der Waals surface area contributed by atoms with Gasteiger partial charge in [0, 0.05) is 10.8 Å². The van der Waals surface area contributed by atoms with Gasteiger partial charge >= 0.3 is 0 Å². The molecule has 3 saturated carbocycles. The number of ketones is 2. The molecule has 5 nitrogen and oxygen atoms in total. The maximum atomic E-state index is 16.8. The Hall–Kier alpha value is -1.37. The van der Waals surface area contributed by atoms with Crippen molar-refractivity contribution >= 4 is 11.6 Å². The number of ether oxygens (including phenoxy) is 1. The van der Waals surface area contributed by atoms with E-state index in [0.717, 1.165) is 5.57 Å². The van der Waals surface area contributed by atoms with Crippen molar-refractivity contribution in [3.8, 4) is 0 Å². The van der Waals surface area contributed by atoms with Crippen molar-refractivity contribution in [1.29, 1.82) is 0 Å². The van der Waals surface area contributed by atoms with Gasteiger partial charge in [0.2, 0.25) is 0 Å². The van der Waals surface area contributed by atoms with E-state index in [9.17, 15) is 14.7 Å². The zero-order valence-electron chi connectivity index (χ0n) is 18.1. The molecule has 0 heterocycles. The summed E-state index contributed by atoms with van der Waals surface area (Å²) in [6.07, 6.45) is 7.21. The number of carbonyl (C=O) groups is 2. The van der Waals surface area contributed by atoms with Crippen molar-refractivity contribution in [2.75, 3.05) is 13.2 Å². The molecule has 1 unspecified atom stereocenters. The van der Waals surface area contributed by atoms with Gasteiger partial charge in [-0.2, -0.15) is 0 Å². The van der Waals surface area contributed by atoms with Crippen LogP contribution < -0.4 is 0 Å². The number of Topliss-reactive ketones (excluding diaryl/α,β-unsaturated/α-hetero) is 1. The van der Waals surface area contributed by atoms with Gasteiger partial charge in [-0.05, 0) is 76.4 Å². The molecule has 0 amide bonds. The number of hydrogen-bond donors (Lipinski definition) is 2. The summed E-state index contributed by atoms with van der Waals surface area (Å²) in [7, 11) is 0. The standard InChI is InChI=1S/C24H33FO5/c1-15(13-26)30-14-20(28)24(29)9-7-18-19-5-4-16-12-17(27)6-8-21(16,2)23(19,25)11-10-22(18,24)3/h6,8,12,15,18-19,26,29H,4-5,7,9-11,13-14H2,1-3H3/t15?,18-,19-,21-,22-,23+,24-/m0/s1. The average Bonchev–Trinajstić information content (AvgIpc) is 2.99. The Morgan fingerprint density at radius 3 is 2.70 bits per heavy atom. The fraction of sp³-hybridized carbons (Fsp3) is 0.750. The van der Waals surface area contributed by atoms with Crippen LogP contribution in [-0.4, -0.2) is 52.4 Å². The van der Waals surface area contributed by atoms with Crippen LogP contribution in [0.3, 0.4) is 0 Å². The number of carbonyl (C=O) groups excluding carboxylic acids is 2. The predicted molar refractivity (Wildman–Crippen MR) is 109 cm³/mol. The molecule has 0 aromatic carbocycles. The predicted octanol–water partition coefficient (Wildman–Crippen LogP) is 3.08. The summed E-state index contributed by atoms with van der Waals surface area (Å²) < 4.78 is 22.2. The largest absolute Gasteiger partial charge is 0.394 e. The van der Waals surface area contributed by atoms with Gasteiger partial charge in [-0.3, -0.25) is 9.59 Å². The Morgan fingerprint density at radius 2 is 2.00 bits per heavy atom. The van der Waals surface area contributed by atoms with Crippen molar-refractivity contribution in [3.05, 3.63) is 23.8 Å². The van der Waals surface area contributed by atoms with Crippen LogP contribution in [0, 0.1) is 22.7 Å². The number of hydrogen-bond acceptors (Lipinski definition) is 5. The number of aliphatic hydroxyl groups excluding tert-OH is 1. The van der Waals surface area contributed by atoms with Gasteiger partial charge in [-0.1, -0.05) is 18.6 Å². The lowest BCUT2D eigenvalue weighted by molar-refractivity contribution is -0.180. The molecule has 3 fully saturated rings. The van der Waals surface area contributed by atoms with Crippen LogP contribution in [0.15, 0.2) is 23.8 Å². The lowest BCUT2D eigenvalue weighted by Gasteiger charge is -2.60. The number of alkyl halides is 1. The van der Waals surface area contributed by atoms with Crippen molar-refractivity contribution in [2.45, 2.75) is 76.7 Å². The van der Waals surface area contributed by atoms with E-state index in [0.29, 0.717) is 32.1 Å². The van der Waals surface area contributed by atoms with Gasteiger partial charge in [-0.15, -0.1) is 0 Å². The highest BCUT2D eigenvalue weighted by atomic mass is 19.1. The summed E-state index contributed by atoms with van der Waals surface area (Å²) >= 11 is 0. The number of allylic oxidation sites excluding steroid dienone is 4. The normalized spacial score (nSPS) is 45.9. The molecule has 0 radical (unpaired) electrons. The Morgan fingerprint density at radius 1 is 1.27 bits per heavy atom. The van der Waals surface area contributed by atoms with E-state index < -0.39 is 28.2 Å². The SMILES string of the molecule is CC(CO)OCC(=O)[C@@]1(O)CC[C@H]2[C@@H]3CCC4=CC(=O)C=C[C@]4(C)[C@@]3(F)CC[C@@]21C. The highest BCUT2D eigenvalue weighted by molar-refractivity contribution is 6.01. The van der Waals surface area contributed by atoms with Crippen molar-refractivity contribution in [3.63, 3.8) is 0 Å². The third-order valence-electron chi connectivity index (χ3n) is 9.03. The molecule has 2 N–H and O–H groups in total. The van der Waals surface area contributed by atoms with Gasteiger partial charge < -0.3 is 14.9 Å². The van der Waals surface area contributed by atoms with Crippen LogP contribution in [0.25, 0.3) is 0 Å². The second-order valence-electron chi connectivity index (χ2n) is 10.3. The van der Waals surface area contributed by atoms with Crippen molar-refractivity contribution < 1.29 is 28.9 Å². The summed E-state index contributed by atoms with van der Waals surface area (Å²) in [5, 5.41) is 20.7. The molecular formula is C24H33FO5. The number of aliphatic hydroxyl groups is 2. The molecule has 4 aliphatic carbocycles. The highest BCUT2D eigenvalue weighted by Gasteiger charge is 2.71. The van der Waals surface area contributed by atoms with E-state index in [-0.39, 0.29) is 43.0 Å². The smallest absolute Gasteiger partial charge is 0.190 e. The average molecular weight is 421 g/mol. The molecule has 7 atom stereocenters. The minimum absolute atomic E-state index is 0.0804. The molecule has 6 heteroatoms.